The number of aryl methyl sites for hydroxylation is 1. The molecule has 0 unspecified atom stereocenters. The number of carbonyl (C=O) groups is 3. The van der Waals surface area contributed by atoms with E-state index in [4.69, 9.17) is 9.47 Å². The smallest absolute Gasteiger partial charge is 0.355 e. The van der Waals surface area contributed by atoms with E-state index in [2.05, 4.69) is 10.3 Å². The van der Waals surface area contributed by atoms with Crippen LogP contribution in [0.3, 0.4) is 0 Å². The van der Waals surface area contributed by atoms with Gasteiger partial charge in [-0.05, 0) is 32.4 Å². The number of anilines is 1. The molecule has 1 aromatic carbocycles. The van der Waals surface area contributed by atoms with E-state index >= 15 is 0 Å². The zero-order chi connectivity index (χ0) is 21.0. The van der Waals surface area contributed by atoms with Crippen molar-refractivity contribution in [1.29, 1.82) is 0 Å². The highest BCUT2D eigenvalue weighted by Crippen LogP contribution is 2.29. The highest BCUT2D eigenvalue weighted by Gasteiger charge is 2.22. The number of hydrogen-bond donors (Lipinski definition) is 2. The second-order valence-electron chi connectivity index (χ2n) is 5.95. The lowest BCUT2D eigenvalue weighted by atomic mass is 10.1. The van der Waals surface area contributed by atoms with Crippen molar-refractivity contribution in [2.45, 2.75) is 20.8 Å². The fourth-order valence-corrected chi connectivity index (χ4v) is 2.77. The van der Waals surface area contributed by atoms with Gasteiger partial charge in [-0.3, -0.25) is 19.7 Å². The predicted octanol–water partition coefficient (Wildman–Crippen LogP) is 2.55. The molecule has 0 aliphatic carbocycles. The van der Waals surface area contributed by atoms with E-state index in [0.29, 0.717) is 16.8 Å². The second kappa shape index (κ2) is 8.33. The lowest BCUT2D eigenvalue weighted by Gasteiger charge is -2.10. The lowest BCUT2D eigenvalue weighted by molar-refractivity contribution is -0.384. The van der Waals surface area contributed by atoms with Crippen LogP contribution in [0.1, 0.15) is 39.0 Å². The third kappa shape index (κ3) is 4.34. The molecule has 0 saturated carbocycles. The maximum absolute atomic E-state index is 12.2. The van der Waals surface area contributed by atoms with E-state index in [-0.39, 0.29) is 28.6 Å². The van der Waals surface area contributed by atoms with Gasteiger partial charge in [0.1, 0.15) is 11.4 Å². The van der Waals surface area contributed by atoms with Gasteiger partial charge in [-0.25, -0.2) is 4.79 Å². The number of carbonyl (C=O) groups excluding carboxylic acids is 3. The number of amides is 1. The van der Waals surface area contributed by atoms with Crippen LogP contribution in [-0.4, -0.2) is 41.3 Å². The van der Waals surface area contributed by atoms with Crippen LogP contribution in [0.5, 0.6) is 5.75 Å². The third-order valence-electron chi connectivity index (χ3n) is 4.00. The number of non-ortho nitro benzene ring substituents is 1. The van der Waals surface area contributed by atoms with E-state index in [1.807, 2.05) is 0 Å². The lowest BCUT2D eigenvalue weighted by Crippen LogP contribution is -2.21. The Balaban J connectivity index is 2.05. The highest BCUT2D eigenvalue weighted by atomic mass is 16.6. The molecule has 10 nitrogen and oxygen atoms in total. The van der Waals surface area contributed by atoms with Gasteiger partial charge in [-0.15, -0.1) is 0 Å². The largest absolute Gasteiger partial charge is 0.494 e. The van der Waals surface area contributed by atoms with Gasteiger partial charge in [-0.2, -0.15) is 0 Å². The molecule has 2 rings (SSSR count). The van der Waals surface area contributed by atoms with Crippen LogP contribution in [-0.2, 0) is 9.53 Å². The number of ketones is 1. The normalized spacial score (nSPS) is 10.3. The first-order valence-corrected chi connectivity index (χ1v) is 8.15. The van der Waals surface area contributed by atoms with Gasteiger partial charge < -0.3 is 19.8 Å². The molecule has 2 aromatic rings. The number of rotatable bonds is 7. The Hall–Kier alpha value is -3.69. The molecule has 0 aliphatic heterocycles. The number of aromatic amines is 1. The van der Waals surface area contributed by atoms with Crippen LogP contribution in [0.15, 0.2) is 18.2 Å². The van der Waals surface area contributed by atoms with Crippen LogP contribution < -0.4 is 10.1 Å². The molecular weight excluding hydrogens is 370 g/mol. The van der Waals surface area contributed by atoms with Crippen LogP contribution >= 0.6 is 0 Å². The van der Waals surface area contributed by atoms with Crippen molar-refractivity contribution in [2.75, 3.05) is 19.0 Å². The molecule has 0 fully saturated rings. The summed E-state index contributed by atoms with van der Waals surface area (Å²) in [6, 6.07) is 3.68. The molecule has 2 N–H and O–H groups in total. The molecule has 1 heterocycles. The van der Waals surface area contributed by atoms with Crippen LogP contribution in [0.4, 0.5) is 11.4 Å². The Morgan fingerprint density at radius 1 is 1.25 bits per heavy atom. The minimum absolute atomic E-state index is 0.0933. The Labute approximate surface area is 160 Å². The summed E-state index contributed by atoms with van der Waals surface area (Å²) >= 11 is 0. The first-order chi connectivity index (χ1) is 13.1. The molecule has 0 spiro atoms. The van der Waals surface area contributed by atoms with Crippen molar-refractivity contribution >= 4 is 29.0 Å². The van der Waals surface area contributed by atoms with Gasteiger partial charge in [0.2, 0.25) is 0 Å². The van der Waals surface area contributed by atoms with Gasteiger partial charge in [0.25, 0.3) is 11.6 Å². The number of H-pyrrole nitrogens is 1. The zero-order valence-electron chi connectivity index (χ0n) is 15.7. The van der Waals surface area contributed by atoms with Crippen molar-refractivity contribution in [2.24, 2.45) is 0 Å². The summed E-state index contributed by atoms with van der Waals surface area (Å²) in [5.74, 6) is -1.53. The number of methoxy groups -OCH3 is 1. The number of Topliss-reactive ketones (excluding diaryl/α,β-unsaturated/α-hetero) is 1. The minimum atomic E-state index is -0.779. The van der Waals surface area contributed by atoms with Crippen LogP contribution in [0.2, 0.25) is 0 Å². The van der Waals surface area contributed by atoms with Gasteiger partial charge >= 0.3 is 5.97 Å². The molecule has 0 atom stereocenters. The summed E-state index contributed by atoms with van der Waals surface area (Å²) in [7, 11) is 1.30. The summed E-state index contributed by atoms with van der Waals surface area (Å²) in [6.45, 7) is 4.07. The molecule has 148 valence electrons. The van der Waals surface area contributed by atoms with Gasteiger partial charge in [0.15, 0.2) is 12.4 Å². The van der Waals surface area contributed by atoms with Crippen LogP contribution in [0.25, 0.3) is 0 Å². The molecule has 28 heavy (non-hydrogen) atoms. The number of hydrogen-bond acceptors (Lipinski definition) is 7. The molecule has 10 heteroatoms. The second-order valence-corrected chi connectivity index (χ2v) is 5.95. The van der Waals surface area contributed by atoms with Gasteiger partial charge in [0.05, 0.1) is 23.8 Å². The maximum atomic E-state index is 12.2. The van der Waals surface area contributed by atoms with E-state index in [1.54, 1.807) is 13.8 Å². The summed E-state index contributed by atoms with van der Waals surface area (Å²) in [6.07, 6.45) is 0. The molecule has 1 aromatic heterocycles. The molecule has 0 aliphatic rings. The summed E-state index contributed by atoms with van der Waals surface area (Å²) in [5, 5.41) is 13.2. The summed E-state index contributed by atoms with van der Waals surface area (Å²) in [4.78, 5) is 48.9. The fraction of sp³-hybridized carbons (Fsp3) is 0.278. The number of aromatic nitrogens is 1. The van der Waals surface area contributed by atoms with Crippen molar-refractivity contribution in [3.63, 3.8) is 0 Å². The minimum Gasteiger partial charge on any atom is -0.494 e. The standard InChI is InChI=1S/C18H19N3O7/c1-9-16(11(3)22)10(2)19-17(9)18(24)28-8-15(23)20-13-6-5-12(21(25)26)7-14(13)27-4/h5-7,19H,8H2,1-4H3,(H,20,23). The summed E-state index contributed by atoms with van der Waals surface area (Å²) < 4.78 is 10.0. The number of nitro groups is 1. The first kappa shape index (κ1) is 20.6. The third-order valence-corrected chi connectivity index (χ3v) is 4.00. The first-order valence-electron chi connectivity index (χ1n) is 8.15. The number of nitrogens with zero attached hydrogens (tertiary/aromatic N) is 1. The predicted molar refractivity (Wildman–Crippen MR) is 98.8 cm³/mol. The molecule has 0 saturated heterocycles. The highest BCUT2D eigenvalue weighted by molar-refractivity contribution is 6.02. The van der Waals surface area contributed by atoms with Crippen molar-refractivity contribution in [3.8, 4) is 5.75 Å². The Bertz CT molecular complexity index is 962. The Morgan fingerprint density at radius 3 is 2.46 bits per heavy atom. The summed E-state index contributed by atoms with van der Waals surface area (Å²) in [5.41, 5.74) is 1.50. The molecule has 0 radical (unpaired) electrons. The SMILES string of the molecule is COc1cc([N+](=O)[O-])ccc1NC(=O)COC(=O)c1[nH]c(C)c(C(C)=O)c1C. The number of nitrogens with one attached hydrogen (secondary N) is 2. The Kier molecular flexibility index (Phi) is 6.14. The number of esters is 1. The van der Waals surface area contributed by atoms with E-state index in [9.17, 15) is 24.5 Å². The number of nitro benzene ring substituents is 1. The fourth-order valence-electron chi connectivity index (χ4n) is 2.77. The maximum Gasteiger partial charge on any atom is 0.355 e. The van der Waals surface area contributed by atoms with Crippen molar-refractivity contribution < 1.29 is 28.8 Å². The van der Waals surface area contributed by atoms with E-state index < -0.39 is 23.4 Å². The number of benzene rings is 1. The molecule has 0 bridgehead atoms. The quantitative estimate of drug-likeness (QED) is 0.321. The van der Waals surface area contributed by atoms with Gasteiger partial charge in [0, 0.05) is 17.3 Å². The Morgan fingerprint density at radius 2 is 1.93 bits per heavy atom. The van der Waals surface area contributed by atoms with Crippen LogP contribution in [0, 0.1) is 24.0 Å². The van der Waals surface area contributed by atoms with Crippen molar-refractivity contribution in [3.05, 3.63) is 50.8 Å². The number of ether oxygens (including phenoxy) is 2. The average molecular weight is 389 g/mol. The topological polar surface area (TPSA) is 141 Å². The average Bonchev–Trinajstić information content (AvgIpc) is 2.94. The zero-order valence-corrected chi connectivity index (χ0v) is 15.7. The van der Waals surface area contributed by atoms with Gasteiger partial charge in [-0.1, -0.05) is 0 Å². The molecular formula is C18H19N3O7. The monoisotopic (exact) mass is 389 g/mol. The van der Waals surface area contributed by atoms with Crippen molar-refractivity contribution in [1.82, 2.24) is 4.98 Å². The van der Waals surface area contributed by atoms with E-state index in [0.717, 1.165) is 6.07 Å². The van der Waals surface area contributed by atoms with E-state index in [1.165, 1.54) is 26.2 Å². The molecule has 1 amide bonds.